The molecule has 2 aromatic rings. The van der Waals surface area contributed by atoms with Crippen LogP contribution in [0.5, 0.6) is 11.5 Å². The van der Waals surface area contributed by atoms with E-state index in [4.69, 9.17) is 55.9 Å². The summed E-state index contributed by atoms with van der Waals surface area (Å²) in [5.74, 6) is 0.743. The van der Waals surface area contributed by atoms with Gasteiger partial charge < -0.3 is 9.47 Å². The molecule has 0 radical (unpaired) electrons. The highest BCUT2D eigenvalue weighted by Crippen LogP contribution is 2.37. The van der Waals surface area contributed by atoms with Gasteiger partial charge in [0.1, 0.15) is 16.8 Å². The zero-order valence-corrected chi connectivity index (χ0v) is 17.4. The molecule has 0 saturated heterocycles. The Morgan fingerprint density at radius 2 is 1.57 bits per heavy atom. The molecule has 0 spiro atoms. The summed E-state index contributed by atoms with van der Waals surface area (Å²) in [5.41, 5.74) is 0.112. The SMILES string of the molecule is FC(F)(F)c1ccc(CCCOc2c(Cl)cc(OCC=C(Cl)Cl)cc2Cl)cc1. The van der Waals surface area contributed by atoms with E-state index in [1.54, 1.807) is 12.1 Å². The Morgan fingerprint density at radius 3 is 2.11 bits per heavy atom. The lowest BCUT2D eigenvalue weighted by Crippen LogP contribution is -2.05. The Morgan fingerprint density at radius 1 is 0.964 bits per heavy atom. The number of alkyl halides is 3. The molecule has 0 saturated carbocycles. The standard InChI is InChI=1S/C19H15Cl4F3O2/c20-15-10-14(27-9-7-17(22)23)11-16(21)18(15)28-8-1-2-12-3-5-13(6-4-12)19(24,25)26/h3-7,10-11H,1-2,8-9H2. The highest BCUT2D eigenvalue weighted by molar-refractivity contribution is 6.55. The van der Waals surface area contributed by atoms with Crippen LogP contribution < -0.4 is 9.47 Å². The van der Waals surface area contributed by atoms with Gasteiger partial charge in [-0.2, -0.15) is 13.2 Å². The normalized spacial score (nSPS) is 11.2. The molecule has 0 aliphatic carbocycles. The minimum atomic E-state index is -4.34. The van der Waals surface area contributed by atoms with Crippen LogP contribution in [-0.2, 0) is 12.6 Å². The van der Waals surface area contributed by atoms with Crippen LogP contribution in [0.1, 0.15) is 17.5 Å². The molecule has 0 aliphatic heterocycles. The molecular weight excluding hydrogens is 459 g/mol. The molecule has 0 aromatic heterocycles. The van der Waals surface area contributed by atoms with Gasteiger partial charge in [0.05, 0.1) is 22.2 Å². The van der Waals surface area contributed by atoms with E-state index in [2.05, 4.69) is 0 Å². The van der Waals surface area contributed by atoms with E-state index in [0.717, 1.165) is 17.7 Å². The molecule has 2 rings (SSSR count). The number of ether oxygens (including phenoxy) is 2. The van der Waals surface area contributed by atoms with E-state index in [9.17, 15) is 13.2 Å². The average molecular weight is 474 g/mol. The van der Waals surface area contributed by atoms with Gasteiger partial charge in [-0.25, -0.2) is 0 Å². The maximum atomic E-state index is 12.6. The molecule has 2 aromatic carbocycles. The van der Waals surface area contributed by atoms with Crippen LogP contribution in [-0.4, -0.2) is 13.2 Å². The summed E-state index contributed by atoms with van der Waals surface area (Å²) in [4.78, 5) is 0. The summed E-state index contributed by atoms with van der Waals surface area (Å²) in [7, 11) is 0. The number of rotatable bonds is 8. The molecule has 0 fully saturated rings. The predicted octanol–water partition coefficient (Wildman–Crippen LogP) is 7.72. The fourth-order valence-electron chi connectivity index (χ4n) is 2.27. The van der Waals surface area contributed by atoms with Crippen molar-refractivity contribution in [2.45, 2.75) is 19.0 Å². The molecule has 0 aliphatic rings. The molecule has 28 heavy (non-hydrogen) atoms. The lowest BCUT2D eigenvalue weighted by Gasteiger charge is -2.12. The van der Waals surface area contributed by atoms with Crippen molar-refractivity contribution in [1.29, 1.82) is 0 Å². The Balaban J connectivity index is 1.86. The Labute approximate surface area is 180 Å². The highest BCUT2D eigenvalue weighted by Gasteiger charge is 2.29. The van der Waals surface area contributed by atoms with Crippen molar-refractivity contribution in [3.63, 3.8) is 0 Å². The van der Waals surface area contributed by atoms with Crippen molar-refractivity contribution in [1.82, 2.24) is 0 Å². The van der Waals surface area contributed by atoms with Crippen molar-refractivity contribution in [3.8, 4) is 11.5 Å². The van der Waals surface area contributed by atoms with Gasteiger partial charge in [-0.1, -0.05) is 58.5 Å². The van der Waals surface area contributed by atoms with Crippen LogP contribution >= 0.6 is 46.4 Å². The summed E-state index contributed by atoms with van der Waals surface area (Å²) in [5, 5.41) is 0.552. The average Bonchev–Trinajstić information content (AvgIpc) is 2.60. The smallest absolute Gasteiger partial charge is 0.416 e. The zero-order valence-electron chi connectivity index (χ0n) is 14.3. The third kappa shape index (κ3) is 7.28. The molecule has 0 heterocycles. The predicted molar refractivity (Wildman–Crippen MR) is 107 cm³/mol. The molecule has 0 N–H and O–H groups in total. The molecule has 0 bridgehead atoms. The fourth-order valence-corrected chi connectivity index (χ4v) is 2.97. The van der Waals surface area contributed by atoms with Gasteiger partial charge in [0.2, 0.25) is 0 Å². The number of hydrogen-bond donors (Lipinski definition) is 0. The minimum absolute atomic E-state index is 0.0881. The first-order valence-corrected chi connectivity index (χ1v) is 9.60. The third-order valence-corrected chi connectivity index (χ3v) is 4.47. The van der Waals surface area contributed by atoms with Crippen LogP contribution in [0.3, 0.4) is 0 Å². The Kier molecular flexibility index (Phi) is 8.62. The highest BCUT2D eigenvalue weighted by atomic mass is 35.5. The second kappa shape index (κ2) is 10.5. The van der Waals surface area contributed by atoms with E-state index in [-0.39, 0.29) is 21.1 Å². The van der Waals surface area contributed by atoms with E-state index in [1.807, 2.05) is 0 Å². The van der Waals surface area contributed by atoms with Crippen molar-refractivity contribution in [2.75, 3.05) is 13.2 Å². The third-order valence-electron chi connectivity index (χ3n) is 3.60. The maximum Gasteiger partial charge on any atom is 0.416 e. The van der Waals surface area contributed by atoms with Crippen LogP contribution in [0.4, 0.5) is 13.2 Å². The summed E-state index contributed by atoms with van der Waals surface area (Å²) in [6.45, 7) is 0.452. The molecule has 9 heteroatoms. The van der Waals surface area contributed by atoms with Crippen LogP contribution in [0.25, 0.3) is 0 Å². The first-order valence-electron chi connectivity index (χ1n) is 8.09. The number of hydrogen-bond acceptors (Lipinski definition) is 2. The van der Waals surface area contributed by atoms with Crippen LogP contribution in [0.2, 0.25) is 10.0 Å². The number of halogens is 7. The van der Waals surface area contributed by atoms with E-state index in [0.29, 0.717) is 30.9 Å². The zero-order chi connectivity index (χ0) is 20.7. The van der Waals surface area contributed by atoms with Gasteiger partial charge in [0, 0.05) is 12.1 Å². The molecule has 0 unspecified atom stereocenters. The first-order chi connectivity index (χ1) is 13.2. The second-order valence-electron chi connectivity index (χ2n) is 5.67. The summed E-state index contributed by atoms with van der Waals surface area (Å²) >= 11 is 23.3. The van der Waals surface area contributed by atoms with Gasteiger partial charge in [0.25, 0.3) is 0 Å². The van der Waals surface area contributed by atoms with Crippen molar-refractivity contribution in [3.05, 3.63) is 68.1 Å². The van der Waals surface area contributed by atoms with E-state index >= 15 is 0 Å². The number of benzene rings is 2. The molecule has 0 amide bonds. The summed E-state index contributed by atoms with van der Waals surface area (Å²) in [6.07, 6.45) is -1.73. The van der Waals surface area contributed by atoms with E-state index < -0.39 is 11.7 Å². The van der Waals surface area contributed by atoms with Gasteiger partial charge in [-0.05, 0) is 36.6 Å². The topological polar surface area (TPSA) is 18.5 Å². The molecule has 0 atom stereocenters. The molecule has 2 nitrogen and oxygen atoms in total. The second-order valence-corrected chi connectivity index (χ2v) is 7.49. The summed E-state index contributed by atoms with van der Waals surface area (Å²) in [6, 6.07) is 8.14. The quantitative estimate of drug-likeness (QED) is 0.365. The first kappa shape index (κ1) is 23.0. The van der Waals surface area contributed by atoms with Gasteiger partial charge in [-0.3, -0.25) is 0 Å². The Hall–Kier alpha value is -1.27. The van der Waals surface area contributed by atoms with Crippen molar-refractivity contribution in [2.24, 2.45) is 0 Å². The number of aryl methyl sites for hydroxylation is 1. The van der Waals surface area contributed by atoms with Gasteiger partial charge >= 0.3 is 6.18 Å². The monoisotopic (exact) mass is 472 g/mol. The molecular formula is C19H15Cl4F3O2. The van der Waals surface area contributed by atoms with Crippen LogP contribution in [0.15, 0.2) is 47.0 Å². The van der Waals surface area contributed by atoms with Gasteiger partial charge in [0.15, 0.2) is 5.75 Å². The van der Waals surface area contributed by atoms with Crippen molar-refractivity contribution >= 4 is 46.4 Å². The minimum Gasteiger partial charge on any atom is -0.490 e. The fraction of sp³-hybridized carbons (Fsp3) is 0.263. The molecule has 152 valence electrons. The Bertz CT molecular complexity index is 794. The largest absolute Gasteiger partial charge is 0.490 e. The van der Waals surface area contributed by atoms with Crippen LogP contribution in [0, 0.1) is 0 Å². The summed E-state index contributed by atoms with van der Waals surface area (Å²) < 4.78 is 48.8. The maximum absolute atomic E-state index is 12.6. The lowest BCUT2D eigenvalue weighted by molar-refractivity contribution is -0.137. The van der Waals surface area contributed by atoms with Crippen molar-refractivity contribution < 1.29 is 22.6 Å². The lowest BCUT2D eigenvalue weighted by atomic mass is 10.1. The van der Waals surface area contributed by atoms with E-state index in [1.165, 1.54) is 18.2 Å². The van der Waals surface area contributed by atoms with Gasteiger partial charge in [-0.15, -0.1) is 0 Å².